The van der Waals surface area contributed by atoms with Crippen molar-refractivity contribution in [2.24, 2.45) is 11.8 Å². The summed E-state index contributed by atoms with van der Waals surface area (Å²) in [5.41, 5.74) is 1.26. The van der Waals surface area contributed by atoms with E-state index in [9.17, 15) is 9.90 Å². The molecular weight excluding hydrogens is 240 g/mol. The summed E-state index contributed by atoms with van der Waals surface area (Å²) < 4.78 is 0. The van der Waals surface area contributed by atoms with Gasteiger partial charge in [-0.1, -0.05) is 30.3 Å². The number of benzene rings is 1. The summed E-state index contributed by atoms with van der Waals surface area (Å²) in [6, 6.07) is 10.5. The Morgan fingerprint density at radius 1 is 1.32 bits per heavy atom. The summed E-state index contributed by atoms with van der Waals surface area (Å²) in [5.74, 6) is -0.453. The normalized spacial score (nSPS) is 31.1. The third-order valence-corrected chi connectivity index (χ3v) is 4.35. The van der Waals surface area contributed by atoms with Crippen molar-refractivity contribution in [3.63, 3.8) is 0 Å². The molecule has 0 aromatic heterocycles. The van der Waals surface area contributed by atoms with Crippen molar-refractivity contribution >= 4 is 5.97 Å². The van der Waals surface area contributed by atoms with Crippen LogP contribution in [0, 0.1) is 11.8 Å². The molecule has 102 valence electrons. The molecule has 4 nitrogen and oxygen atoms in total. The van der Waals surface area contributed by atoms with Crippen LogP contribution >= 0.6 is 0 Å². The van der Waals surface area contributed by atoms with E-state index in [2.05, 4.69) is 22.3 Å². The van der Waals surface area contributed by atoms with Crippen LogP contribution in [0.3, 0.4) is 0 Å². The Morgan fingerprint density at radius 3 is 2.84 bits per heavy atom. The van der Waals surface area contributed by atoms with Crippen LogP contribution in [0.1, 0.15) is 12.0 Å². The number of carboxylic acid groups (broad SMARTS) is 1. The lowest BCUT2D eigenvalue weighted by Crippen LogP contribution is -2.53. The summed E-state index contributed by atoms with van der Waals surface area (Å²) in [6.07, 6.45) is 1.10. The molecule has 3 unspecified atom stereocenters. The van der Waals surface area contributed by atoms with Crippen LogP contribution in [-0.4, -0.2) is 41.7 Å². The predicted molar refractivity (Wildman–Crippen MR) is 72.7 cm³/mol. The predicted octanol–water partition coefficient (Wildman–Crippen LogP) is 1.18. The number of hydrogen-bond donors (Lipinski definition) is 2. The number of nitrogens with one attached hydrogen (secondary N) is 1. The van der Waals surface area contributed by atoms with E-state index in [1.165, 1.54) is 5.56 Å². The zero-order valence-corrected chi connectivity index (χ0v) is 11.0. The van der Waals surface area contributed by atoms with E-state index >= 15 is 0 Å². The van der Waals surface area contributed by atoms with Gasteiger partial charge in [-0.2, -0.15) is 0 Å². The van der Waals surface area contributed by atoms with Gasteiger partial charge in [-0.15, -0.1) is 0 Å². The van der Waals surface area contributed by atoms with Crippen LogP contribution in [0.5, 0.6) is 0 Å². The van der Waals surface area contributed by atoms with Crippen molar-refractivity contribution in [1.29, 1.82) is 0 Å². The molecule has 19 heavy (non-hydrogen) atoms. The van der Waals surface area contributed by atoms with Crippen molar-refractivity contribution in [2.45, 2.75) is 19.0 Å². The number of carboxylic acids is 1. The number of fused-ring (bicyclic) bond motifs is 1. The minimum Gasteiger partial charge on any atom is -0.481 e. The van der Waals surface area contributed by atoms with Crippen molar-refractivity contribution in [1.82, 2.24) is 10.2 Å². The SMILES string of the molecule is O=C(O)C1CN(Cc2ccccc2)CC2CCNC21. The molecule has 0 aliphatic carbocycles. The highest BCUT2D eigenvalue weighted by atomic mass is 16.4. The molecule has 1 aromatic rings. The summed E-state index contributed by atoms with van der Waals surface area (Å²) >= 11 is 0. The fraction of sp³-hybridized carbons (Fsp3) is 0.533. The van der Waals surface area contributed by atoms with E-state index in [1.54, 1.807) is 0 Å². The van der Waals surface area contributed by atoms with Gasteiger partial charge in [0.05, 0.1) is 5.92 Å². The average molecular weight is 260 g/mol. The van der Waals surface area contributed by atoms with Gasteiger partial charge in [0.1, 0.15) is 0 Å². The maximum absolute atomic E-state index is 11.4. The van der Waals surface area contributed by atoms with Crippen molar-refractivity contribution in [2.75, 3.05) is 19.6 Å². The molecule has 2 aliphatic rings. The molecule has 2 saturated heterocycles. The molecule has 2 N–H and O–H groups in total. The summed E-state index contributed by atoms with van der Waals surface area (Å²) in [4.78, 5) is 13.7. The van der Waals surface area contributed by atoms with Gasteiger partial charge in [-0.05, 0) is 24.4 Å². The van der Waals surface area contributed by atoms with Gasteiger partial charge in [0.15, 0.2) is 0 Å². The lowest BCUT2D eigenvalue weighted by molar-refractivity contribution is -0.145. The standard InChI is InChI=1S/C15H20N2O2/c18-15(19)13-10-17(8-11-4-2-1-3-5-11)9-12-6-7-16-14(12)13/h1-5,12-14,16H,6-10H2,(H,18,19). The topological polar surface area (TPSA) is 52.6 Å². The highest BCUT2D eigenvalue weighted by Crippen LogP contribution is 2.29. The minimum atomic E-state index is -0.665. The van der Waals surface area contributed by atoms with Crippen molar-refractivity contribution in [3.8, 4) is 0 Å². The molecule has 2 aliphatic heterocycles. The van der Waals surface area contributed by atoms with Gasteiger partial charge in [-0.3, -0.25) is 9.69 Å². The first-order valence-electron chi connectivity index (χ1n) is 6.96. The lowest BCUT2D eigenvalue weighted by atomic mass is 9.84. The van der Waals surface area contributed by atoms with E-state index in [0.29, 0.717) is 12.5 Å². The third-order valence-electron chi connectivity index (χ3n) is 4.35. The van der Waals surface area contributed by atoms with E-state index in [4.69, 9.17) is 0 Å². The first-order chi connectivity index (χ1) is 9.24. The van der Waals surface area contributed by atoms with Crippen molar-refractivity contribution in [3.05, 3.63) is 35.9 Å². The van der Waals surface area contributed by atoms with E-state index < -0.39 is 5.97 Å². The average Bonchev–Trinajstić information content (AvgIpc) is 2.87. The molecule has 0 radical (unpaired) electrons. The molecule has 0 bridgehead atoms. The first-order valence-corrected chi connectivity index (χ1v) is 6.96. The molecule has 3 atom stereocenters. The van der Waals surface area contributed by atoms with E-state index in [1.807, 2.05) is 18.2 Å². The Balaban J connectivity index is 1.71. The number of aliphatic carboxylic acids is 1. The number of nitrogens with zero attached hydrogens (tertiary/aromatic N) is 1. The summed E-state index contributed by atoms with van der Waals surface area (Å²) in [5, 5.41) is 12.8. The number of carbonyl (C=O) groups is 1. The summed E-state index contributed by atoms with van der Waals surface area (Å²) in [7, 11) is 0. The molecule has 2 heterocycles. The fourth-order valence-corrected chi connectivity index (χ4v) is 3.46. The van der Waals surface area contributed by atoms with Crippen LogP contribution in [0.15, 0.2) is 30.3 Å². The highest BCUT2D eigenvalue weighted by Gasteiger charge is 2.42. The van der Waals surface area contributed by atoms with Gasteiger partial charge in [0.25, 0.3) is 0 Å². The van der Waals surface area contributed by atoms with Crippen LogP contribution < -0.4 is 5.32 Å². The molecule has 0 spiro atoms. The molecule has 3 rings (SSSR count). The van der Waals surface area contributed by atoms with Gasteiger partial charge in [-0.25, -0.2) is 0 Å². The summed E-state index contributed by atoms with van der Waals surface area (Å²) in [6.45, 7) is 3.47. The van der Waals surface area contributed by atoms with E-state index in [0.717, 1.165) is 26.1 Å². The smallest absolute Gasteiger partial charge is 0.309 e. The Hall–Kier alpha value is -1.39. The van der Waals surface area contributed by atoms with Crippen LogP contribution in [0.4, 0.5) is 0 Å². The Morgan fingerprint density at radius 2 is 2.11 bits per heavy atom. The molecule has 1 aromatic carbocycles. The second-order valence-electron chi connectivity index (χ2n) is 5.65. The zero-order valence-electron chi connectivity index (χ0n) is 11.0. The third kappa shape index (κ3) is 2.65. The maximum Gasteiger partial charge on any atom is 0.309 e. The van der Waals surface area contributed by atoms with Gasteiger partial charge in [0.2, 0.25) is 0 Å². The first kappa shape index (κ1) is 12.6. The molecule has 0 saturated carbocycles. The lowest BCUT2D eigenvalue weighted by Gasteiger charge is -2.39. The quantitative estimate of drug-likeness (QED) is 0.857. The number of likely N-dealkylation sites (tertiary alicyclic amines) is 1. The monoisotopic (exact) mass is 260 g/mol. The van der Waals surface area contributed by atoms with Gasteiger partial charge in [0, 0.05) is 25.7 Å². The second-order valence-corrected chi connectivity index (χ2v) is 5.65. The van der Waals surface area contributed by atoms with Gasteiger partial charge >= 0.3 is 5.97 Å². The van der Waals surface area contributed by atoms with Gasteiger partial charge < -0.3 is 10.4 Å². The highest BCUT2D eigenvalue weighted by molar-refractivity contribution is 5.71. The number of rotatable bonds is 3. The maximum atomic E-state index is 11.4. The molecule has 4 heteroatoms. The van der Waals surface area contributed by atoms with Crippen LogP contribution in [-0.2, 0) is 11.3 Å². The minimum absolute atomic E-state index is 0.171. The number of piperidine rings is 1. The van der Waals surface area contributed by atoms with Crippen molar-refractivity contribution < 1.29 is 9.90 Å². The number of hydrogen-bond acceptors (Lipinski definition) is 3. The fourth-order valence-electron chi connectivity index (χ4n) is 3.46. The Labute approximate surface area is 113 Å². The van der Waals surface area contributed by atoms with Crippen LogP contribution in [0.2, 0.25) is 0 Å². The Kier molecular flexibility index (Phi) is 3.53. The molecule has 2 fully saturated rings. The van der Waals surface area contributed by atoms with Crippen LogP contribution in [0.25, 0.3) is 0 Å². The molecule has 0 amide bonds. The zero-order chi connectivity index (χ0) is 13.2. The second kappa shape index (κ2) is 5.31. The largest absolute Gasteiger partial charge is 0.481 e. The molecular formula is C15H20N2O2. The Bertz CT molecular complexity index is 449. The van der Waals surface area contributed by atoms with E-state index in [-0.39, 0.29) is 12.0 Å².